The molecule has 1 aromatic heterocycles. The molecule has 1 aliphatic heterocycles. The van der Waals surface area contributed by atoms with Crippen molar-refractivity contribution in [3.05, 3.63) is 41.3 Å². The molecule has 5 heteroatoms. The molecule has 0 bridgehead atoms. The van der Waals surface area contributed by atoms with Gasteiger partial charge in [0.1, 0.15) is 12.4 Å². The predicted molar refractivity (Wildman–Crippen MR) is 73.8 cm³/mol. The second kappa shape index (κ2) is 4.37. The van der Waals surface area contributed by atoms with Crippen molar-refractivity contribution in [2.24, 2.45) is 0 Å². The molecule has 2 aliphatic rings. The van der Waals surface area contributed by atoms with Crippen LogP contribution < -0.4 is 15.2 Å². The van der Waals surface area contributed by atoms with Crippen LogP contribution in [0.2, 0.25) is 0 Å². The Kier molecular flexibility index (Phi) is 2.52. The molecule has 1 aromatic carbocycles. The van der Waals surface area contributed by atoms with Gasteiger partial charge in [0.15, 0.2) is 23.4 Å². The summed E-state index contributed by atoms with van der Waals surface area (Å²) in [4.78, 5) is 9.02. The van der Waals surface area contributed by atoms with Crippen molar-refractivity contribution in [1.82, 2.24) is 9.97 Å². The number of anilines is 1. The van der Waals surface area contributed by atoms with Crippen molar-refractivity contribution in [3.8, 4) is 11.5 Å². The average Bonchev–Trinajstić information content (AvgIpc) is 2.96. The van der Waals surface area contributed by atoms with Gasteiger partial charge in [-0.3, -0.25) is 0 Å². The van der Waals surface area contributed by atoms with Crippen LogP contribution in [0.25, 0.3) is 0 Å². The van der Waals surface area contributed by atoms with Gasteiger partial charge in [0.25, 0.3) is 0 Å². The number of ether oxygens (including phenoxy) is 2. The molecule has 1 unspecified atom stereocenters. The van der Waals surface area contributed by atoms with Crippen molar-refractivity contribution in [2.45, 2.75) is 25.4 Å². The standard InChI is InChI=1S/C15H15N3O2/c16-14-9-4-3-5-10(9)17-15(18-14)13-8-19-11-6-1-2-7-12(11)20-13/h1-2,6-7,13H,3-5,8H2,(H2,16,17,18). The molecule has 5 nitrogen and oxygen atoms in total. The number of aryl methyl sites for hydroxylation is 1. The Hall–Kier alpha value is -2.30. The van der Waals surface area contributed by atoms with E-state index in [1.807, 2.05) is 24.3 Å². The minimum Gasteiger partial charge on any atom is -0.485 e. The van der Waals surface area contributed by atoms with E-state index in [1.54, 1.807) is 0 Å². The molecule has 0 amide bonds. The van der Waals surface area contributed by atoms with Crippen molar-refractivity contribution in [3.63, 3.8) is 0 Å². The molecule has 2 heterocycles. The lowest BCUT2D eigenvalue weighted by Crippen LogP contribution is -2.24. The first kappa shape index (κ1) is 11.5. The molecule has 20 heavy (non-hydrogen) atoms. The molecule has 0 saturated carbocycles. The normalized spacial score (nSPS) is 19.7. The summed E-state index contributed by atoms with van der Waals surface area (Å²) in [5, 5.41) is 0. The quantitative estimate of drug-likeness (QED) is 0.858. The Morgan fingerprint density at radius 1 is 1.10 bits per heavy atom. The summed E-state index contributed by atoms with van der Waals surface area (Å²) >= 11 is 0. The van der Waals surface area contributed by atoms with Gasteiger partial charge in [-0.25, -0.2) is 9.97 Å². The van der Waals surface area contributed by atoms with Gasteiger partial charge in [-0.1, -0.05) is 12.1 Å². The van der Waals surface area contributed by atoms with Crippen molar-refractivity contribution >= 4 is 5.82 Å². The topological polar surface area (TPSA) is 70.3 Å². The lowest BCUT2D eigenvalue weighted by atomic mass is 10.2. The zero-order valence-electron chi connectivity index (χ0n) is 11.0. The van der Waals surface area contributed by atoms with Crippen LogP contribution in [0.3, 0.4) is 0 Å². The van der Waals surface area contributed by atoms with Crippen LogP contribution in [0.1, 0.15) is 29.6 Å². The molecule has 4 rings (SSSR count). The van der Waals surface area contributed by atoms with Gasteiger partial charge in [0.2, 0.25) is 0 Å². The Morgan fingerprint density at radius 2 is 1.95 bits per heavy atom. The van der Waals surface area contributed by atoms with E-state index in [4.69, 9.17) is 15.2 Å². The van der Waals surface area contributed by atoms with Gasteiger partial charge in [0, 0.05) is 11.3 Å². The average molecular weight is 269 g/mol. The maximum Gasteiger partial charge on any atom is 0.192 e. The van der Waals surface area contributed by atoms with E-state index in [1.165, 1.54) is 0 Å². The summed E-state index contributed by atoms with van der Waals surface area (Å²) < 4.78 is 11.6. The van der Waals surface area contributed by atoms with Crippen LogP contribution in [0.15, 0.2) is 24.3 Å². The molecule has 0 spiro atoms. The van der Waals surface area contributed by atoms with Gasteiger partial charge in [-0.2, -0.15) is 0 Å². The van der Waals surface area contributed by atoms with Gasteiger partial charge >= 0.3 is 0 Å². The predicted octanol–water partition coefficient (Wildman–Crippen LogP) is 2.06. The Balaban J connectivity index is 1.68. The summed E-state index contributed by atoms with van der Waals surface area (Å²) in [6.07, 6.45) is 2.76. The van der Waals surface area contributed by atoms with Gasteiger partial charge in [0.05, 0.1) is 0 Å². The minimum absolute atomic E-state index is 0.293. The Bertz CT molecular complexity index is 672. The molecule has 1 aliphatic carbocycles. The fourth-order valence-corrected chi connectivity index (χ4v) is 2.77. The number of hydrogen-bond acceptors (Lipinski definition) is 5. The highest BCUT2D eigenvalue weighted by Crippen LogP contribution is 2.36. The number of nitrogen functional groups attached to an aromatic ring is 1. The van der Waals surface area contributed by atoms with Crippen molar-refractivity contribution in [1.29, 1.82) is 0 Å². The molecular weight excluding hydrogens is 254 g/mol. The van der Waals surface area contributed by atoms with E-state index in [9.17, 15) is 0 Å². The SMILES string of the molecule is Nc1nc(C2COc3ccccc3O2)nc2c1CCC2. The number of aromatic nitrogens is 2. The van der Waals surface area contributed by atoms with Crippen LogP contribution in [0.4, 0.5) is 5.82 Å². The maximum atomic E-state index is 6.03. The fourth-order valence-electron chi connectivity index (χ4n) is 2.77. The highest BCUT2D eigenvalue weighted by Gasteiger charge is 2.27. The van der Waals surface area contributed by atoms with Crippen LogP contribution in [0.5, 0.6) is 11.5 Å². The first-order chi connectivity index (χ1) is 9.81. The van der Waals surface area contributed by atoms with Crippen LogP contribution in [-0.2, 0) is 12.8 Å². The molecule has 2 N–H and O–H groups in total. The lowest BCUT2D eigenvalue weighted by molar-refractivity contribution is 0.0850. The summed E-state index contributed by atoms with van der Waals surface area (Å²) in [5.41, 5.74) is 8.19. The van der Waals surface area contributed by atoms with Crippen LogP contribution >= 0.6 is 0 Å². The van der Waals surface area contributed by atoms with Crippen LogP contribution in [-0.4, -0.2) is 16.6 Å². The zero-order chi connectivity index (χ0) is 13.5. The number of para-hydroxylation sites is 2. The smallest absolute Gasteiger partial charge is 0.192 e. The first-order valence-corrected chi connectivity index (χ1v) is 6.85. The third kappa shape index (κ3) is 1.78. The number of nitrogens with two attached hydrogens (primary N) is 1. The molecule has 0 radical (unpaired) electrons. The molecular formula is C15H15N3O2. The van der Waals surface area contributed by atoms with Gasteiger partial charge in [-0.05, 0) is 31.4 Å². The van der Waals surface area contributed by atoms with Crippen LogP contribution in [0, 0.1) is 0 Å². The summed E-state index contributed by atoms with van der Waals surface area (Å²) in [5.74, 6) is 2.70. The Morgan fingerprint density at radius 3 is 2.85 bits per heavy atom. The highest BCUT2D eigenvalue weighted by molar-refractivity contribution is 5.45. The molecule has 2 aromatic rings. The van der Waals surface area contributed by atoms with Crippen molar-refractivity contribution < 1.29 is 9.47 Å². The van der Waals surface area contributed by atoms with E-state index in [0.717, 1.165) is 42.0 Å². The van der Waals surface area contributed by atoms with E-state index in [-0.39, 0.29) is 6.10 Å². The van der Waals surface area contributed by atoms with E-state index < -0.39 is 0 Å². The third-order valence-electron chi connectivity index (χ3n) is 3.78. The van der Waals surface area contributed by atoms with Gasteiger partial charge in [-0.15, -0.1) is 0 Å². The molecule has 0 saturated heterocycles. The second-order valence-electron chi connectivity index (χ2n) is 5.11. The number of nitrogens with zero attached hydrogens (tertiary/aromatic N) is 2. The number of benzene rings is 1. The first-order valence-electron chi connectivity index (χ1n) is 6.85. The van der Waals surface area contributed by atoms with E-state index in [2.05, 4.69) is 9.97 Å². The molecule has 0 fully saturated rings. The minimum atomic E-state index is -0.293. The third-order valence-corrected chi connectivity index (χ3v) is 3.78. The molecule has 1 atom stereocenters. The van der Waals surface area contributed by atoms with Crippen molar-refractivity contribution in [2.75, 3.05) is 12.3 Å². The summed E-state index contributed by atoms with van der Waals surface area (Å²) in [7, 11) is 0. The number of fused-ring (bicyclic) bond motifs is 2. The largest absolute Gasteiger partial charge is 0.485 e. The monoisotopic (exact) mass is 269 g/mol. The number of hydrogen-bond donors (Lipinski definition) is 1. The summed E-state index contributed by atoms with van der Waals surface area (Å²) in [6, 6.07) is 7.62. The fraction of sp³-hybridized carbons (Fsp3) is 0.333. The Labute approximate surface area is 116 Å². The zero-order valence-corrected chi connectivity index (χ0v) is 11.0. The van der Waals surface area contributed by atoms with Gasteiger partial charge < -0.3 is 15.2 Å². The van der Waals surface area contributed by atoms with E-state index in [0.29, 0.717) is 18.2 Å². The lowest BCUT2D eigenvalue weighted by Gasteiger charge is -2.25. The molecule has 102 valence electrons. The number of rotatable bonds is 1. The maximum absolute atomic E-state index is 6.03. The highest BCUT2D eigenvalue weighted by atomic mass is 16.6. The van der Waals surface area contributed by atoms with E-state index >= 15 is 0 Å². The summed E-state index contributed by atoms with van der Waals surface area (Å²) in [6.45, 7) is 0.412. The second-order valence-corrected chi connectivity index (χ2v) is 5.11.